The summed E-state index contributed by atoms with van der Waals surface area (Å²) < 4.78 is 10.4. The Morgan fingerprint density at radius 1 is 1.44 bits per heavy atom. The number of nitrogens with one attached hydrogen (secondary N) is 2. The first-order valence-corrected chi connectivity index (χ1v) is 6.52. The molecule has 0 aliphatic carbocycles. The molecule has 0 spiro atoms. The number of carbonyl (C=O) groups is 1. The summed E-state index contributed by atoms with van der Waals surface area (Å²) >= 11 is 0. The van der Waals surface area contributed by atoms with Gasteiger partial charge in [-0.2, -0.15) is 0 Å². The quantitative estimate of drug-likeness (QED) is 0.694. The van der Waals surface area contributed by atoms with Crippen LogP contribution in [0.3, 0.4) is 0 Å². The number of rotatable bonds is 7. The molecule has 1 aliphatic heterocycles. The molecule has 0 bridgehead atoms. The van der Waals surface area contributed by atoms with E-state index >= 15 is 0 Å². The van der Waals surface area contributed by atoms with E-state index < -0.39 is 0 Å². The second-order valence-corrected chi connectivity index (χ2v) is 5.66. The topological polar surface area (TPSA) is 59.6 Å². The number of ether oxygens (including phenoxy) is 2. The molecule has 0 aromatic carbocycles. The van der Waals surface area contributed by atoms with Gasteiger partial charge in [-0.05, 0) is 18.9 Å². The second-order valence-electron chi connectivity index (χ2n) is 5.66. The molecule has 1 rings (SSSR count). The highest BCUT2D eigenvalue weighted by Crippen LogP contribution is 2.20. The van der Waals surface area contributed by atoms with Crippen LogP contribution in [0.15, 0.2) is 0 Å². The molecule has 5 nitrogen and oxygen atoms in total. The Kier molecular flexibility index (Phi) is 6.05. The lowest BCUT2D eigenvalue weighted by atomic mass is 9.89. The van der Waals surface area contributed by atoms with Crippen molar-refractivity contribution in [2.24, 2.45) is 11.3 Å². The molecule has 0 aromatic rings. The van der Waals surface area contributed by atoms with Gasteiger partial charge in [-0.15, -0.1) is 0 Å². The zero-order valence-corrected chi connectivity index (χ0v) is 11.9. The predicted octanol–water partition coefficient (Wildman–Crippen LogP) is 0.400. The van der Waals surface area contributed by atoms with Crippen molar-refractivity contribution in [1.82, 2.24) is 10.6 Å². The molecule has 1 aliphatic rings. The molecule has 0 radical (unpaired) electrons. The van der Waals surface area contributed by atoms with E-state index in [-0.39, 0.29) is 23.3 Å². The van der Waals surface area contributed by atoms with Gasteiger partial charge in [0.2, 0.25) is 5.91 Å². The van der Waals surface area contributed by atoms with Gasteiger partial charge in [0.15, 0.2) is 0 Å². The van der Waals surface area contributed by atoms with E-state index in [2.05, 4.69) is 24.5 Å². The fraction of sp³-hybridized carbons (Fsp3) is 0.923. The van der Waals surface area contributed by atoms with Crippen LogP contribution in [0.1, 0.15) is 20.3 Å². The molecular weight excluding hydrogens is 232 g/mol. The van der Waals surface area contributed by atoms with Gasteiger partial charge in [0, 0.05) is 26.3 Å². The van der Waals surface area contributed by atoms with Crippen LogP contribution < -0.4 is 10.6 Å². The lowest BCUT2D eigenvalue weighted by Gasteiger charge is -2.26. The van der Waals surface area contributed by atoms with Gasteiger partial charge in [-0.25, -0.2) is 0 Å². The van der Waals surface area contributed by atoms with Gasteiger partial charge in [0.1, 0.15) is 0 Å². The second kappa shape index (κ2) is 7.07. The summed E-state index contributed by atoms with van der Waals surface area (Å²) in [5.74, 6) is 0.00515. The number of carbonyl (C=O) groups excluding carboxylic acids is 1. The van der Waals surface area contributed by atoms with Crippen molar-refractivity contribution in [2.75, 3.05) is 40.5 Å². The molecule has 2 unspecified atom stereocenters. The molecule has 0 aromatic heterocycles. The molecule has 18 heavy (non-hydrogen) atoms. The first-order valence-electron chi connectivity index (χ1n) is 6.52. The van der Waals surface area contributed by atoms with E-state index in [1.165, 1.54) is 0 Å². The van der Waals surface area contributed by atoms with E-state index in [1.54, 1.807) is 7.11 Å². The Bertz CT molecular complexity index is 269. The SMILES string of the molecule is CNC1COCC1C(=O)NCC(C)(C)CCOC. The molecule has 0 saturated carbocycles. The summed E-state index contributed by atoms with van der Waals surface area (Å²) in [6, 6.07) is 0.132. The molecule has 1 heterocycles. The minimum absolute atomic E-state index is 0.0558. The van der Waals surface area contributed by atoms with Crippen molar-refractivity contribution in [3.8, 4) is 0 Å². The number of amides is 1. The maximum Gasteiger partial charge on any atom is 0.227 e. The van der Waals surface area contributed by atoms with Crippen molar-refractivity contribution >= 4 is 5.91 Å². The van der Waals surface area contributed by atoms with Crippen LogP contribution in [0.2, 0.25) is 0 Å². The van der Waals surface area contributed by atoms with Crippen molar-refractivity contribution < 1.29 is 14.3 Å². The number of hydrogen-bond donors (Lipinski definition) is 2. The van der Waals surface area contributed by atoms with Crippen LogP contribution in [0.5, 0.6) is 0 Å². The summed E-state index contributed by atoms with van der Waals surface area (Å²) in [6.45, 7) is 6.77. The number of likely N-dealkylation sites (N-methyl/N-ethyl adjacent to an activating group) is 1. The fourth-order valence-corrected chi connectivity index (χ4v) is 2.02. The lowest BCUT2D eigenvalue weighted by molar-refractivity contribution is -0.125. The van der Waals surface area contributed by atoms with Gasteiger partial charge in [0.25, 0.3) is 0 Å². The van der Waals surface area contributed by atoms with Crippen LogP contribution in [0.4, 0.5) is 0 Å². The average Bonchev–Trinajstić information content (AvgIpc) is 2.82. The Hall–Kier alpha value is -0.650. The minimum Gasteiger partial charge on any atom is -0.385 e. The lowest BCUT2D eigenvalue weighted by Crippen LogP contribution is -2.45. The third kappa shape index (κ3) is 4.55. The van der Waals surface area contributed by atoms with Crippen molar-refractivity contribution in [2.45, 2.75) is 26.3 Å². The molecule has 1 amide bonds. The Morgan fingerprint density at radius 2 is 2.17 bits per heavy atom. The molecule has 1 fully saturated rings. The first kappa shape index (κ1) is 15.4. The van der Waals surface area contributed by atoms with E-state index in [0.29, 0.717) is 26.4 Å². The fourth-order valence-electron chi connectivity index (χ4n) is 2.02. The van der Waals surface area contributed by atoms with Crippen LogP contribution in [0.25, 0.3) is 0 Å². The van der Waals surface area contributed by atoms with Crippen LogP contribution >= 0.6 is 0 Å². The summed E-state index contributed by atoms with van der Waals surface area (Å²) in [7, 11) is 3.56. The van der Waals surface area contributed by atoms with E-state index in [4.69, 9.17) is 9.47 Å². The third-order valence-corrected chi connectivity index (χ3v) is 3.51. The maximum atomic E-state index is 12.1. The normalized spacial score (nSPS) is 24.2. The highest BCUT2D eigenvalue weighted by atomic mass is 16.5. The van der Waals surface area contributed by atoms with E-state index in [9.17, 15) is 4.79 Å². The van der Waals surface area contributed by atoms with Crippen LogP contribution in [0, 0.1) is 11.3 Å². The van der Waals surface area contributed by atoms with Crippen molar-refractivity contribution in [1.29, 1.82) is 0 Å². The predicted molar refractivity (Wildman–Crippen MR) is 70.4 cm³/mol. The largest absolute Gasteiger partial charge is 0.385 e. The zero-order chi connectivity index (χ0) is 13.6. The maximum absolute atomic E-state index is 12.1. The Labute approximate surface area is 110 Å². The van der Waals surface area contributed by atoms with Gasteiger partial charge in [0.05, 0.1) is 19.1 Å². The molecule has 1 saturated heterocycles. The minimum atomic E-state index is -0.0757. The summed E-state index contributed by atoms with van der Waals surface area (Å²) in [6.07, 6.45) is 0.931. The van der Waals surface area contributed by atoms with E-state index in [1.807, 2.05) is 7.05 Å². The van der Waals surface area contributed by atoms with E-state index in [0.717, 1.165) is 6.42 Å². The number of methoxy groups -OCH3 is 1. The molecule has 2 N–H and O–H groups in total. The Balaban J connectivity index is 2.36. The zero-order valence-electron chi connectivity index (χ0n) is 11.9. The molecular formula is C13H26N2O3. The summed E-state index contributed by atoms with van der Waals surface area (Å²) in [5, 5.41) is 6.14. The van der Waals surface area contributed by atoms with Gasteiger partial charge in [-0.1, -0.05) is 13.8 Å². The van der Waals surface area contributed by atoms with Crippen molar-refractivity contribution in [3.05, 3.63) is 0 Å². The Morgan fingerprint density at radius 3 is 2.78 bits per heavy atom. The standard InChI is InChI=1S/C13H26N2O3/c1-13(2,5-6-17-4)9-15-12(16)10-7-18-8-11(10)14-3/h10-11,14H,5-9H2,1-4H3,(H,15,16). The van der Waals surface area contributed by atoms with Crippen molar-refractivity contribution in [3.63, 3.8) is 0 Å². The first-order chi connectivity index (χ1) is 8.50. The molecule has 2 atom stereocenters. The van der Waals surface area contributed by atoms with Crippen LogP contribution in [-0.2, 0) is 14.3 Å². The third-order valence-electron chi connectivity index (χ3n) is 3.51. The van der Waals surface area contributed by atoms with Gasteiger partial charge in [-0.3, -0.25) is 4.79 Å². The molecule has 106 valence electrons. The average molecular weight is 258 g/mol. The highest BCUT2D eigenvalue weighted by Gasteiger charge is 2.33. The number of hydrogen-bond acceptors (Lipinski definition) is 4. The monoisotopic (exact) mass is 258 g/mol. The smallest absolute Gasteiger partial charge is 0.227 e. The molecule has 5 heteroatoms. The summed E-state index contributed by atoms with van der Waals surface area (Å²) in [5.41, 5.74) is 0.0558. The highest BCUT2D eigenvalue weighted by molar-refractivity contribution is 5.79. The van der Waals surface area contributed by atoms with Gasteiger partial charge < -0.3 is 20.1 Å². The summed E-state index contributed by atoms with van der Waals surface area (Å²) in [4.78, 5) is 12.1. The van der Waals surface area contributed by atoms with Gasteiger partial charge >= 0.3 is 0 Å². The van der Waals surface area contributed by atoms with Crippen LogP contribution in [-0.4, -0.2) is 52.5 Å².